The van der Waals surface area contributed by atoms with Crippen LogP contribution in [0, 0.1) is 0 Å². The number of isocyanates is 1. The minimum atomic E-state index is -0.538. The first-order valence-electron chi connectivity index (χ1n) is 5.16. The van der Waals surface area contributed by atoms with Crippen molar-refractivity contribution in [1.82, 2.24) is 0 Å². The minimum Gasteiger partial charge on any atom is -0.246 e. The van der Waals surface area contributed by atoms with Crippen molar-refractivity contribution in [2.75, 3.05) is 0 Å². The number of halogens is 2. The fourth-order valence-electron chi connectivity index (χ4n) is 2.06. The van der Waals surface area contributed by atoms with Crippen molar-refractivity contribution in [1.29, 1.82) is 0 Å². The van der Waals surface area contributed by atoms with Gasteiger partial charge in [-0.3, -0.25) is 0 Å². The Morgan fingerprint density at radius 1 is 1.50 bits per heavy atom. The summed E-state index contributed by atoms with van der Waals surface area (Å²) in [6.07, 6.45) is 4.23. The summed E-state index contributed by atoms with van der Waals surface area (Å²) in [4.78, 5) is 14.3. The maximum atomic E-state index is 12.4. The third-order valence-corrected chi connectivity index (χ3v) is 3.44. The highest BCUT2D eigenvalue weighted by Crippen LogP contribution is 2.47. The van der Waals surface area contributed by atoms with Gasteiger partial charge in [-0.25, -0.2) is 9.18 Å². The Bertz CT molecular complexity index is 450. The van der Waals surface area contributed by atoms with Gasteiger partial charge in [0.2, 0.25) is 6.08 Å². The molecule has 0 N–H and O–H groups in total. The number of hydrogen-bond acceptors (Lipinski definition) is 2. The van der Waals surface area contributed by atoms with Gasteiger partial charge in [-0.05, 0) is 36.5 Å². The average molecular weight is 240 g/mol. The molecule has 2 rings (SSSR count). The van der Waals surface area contributed by atoms with Crippen LogP contribution in [0.4, 0.5) is 4.39 Å². The van der Waals surface area contributed by atoms with Crippen molar-refractivity contribution >= 4 is 17.7 Å². The maximum Gasteiger partial charge on any atom is 0.235 e. The first kappa shape index (κ1) is 11.3. The Hall–Kier alpha value is -1.18. The zero-order chi connectivity index (χ0) is 11.6. The summed E-state index contributed by atoms with van der Waals surface area (Å²) in [6.45, 7) is -0.538. The van der Waals surface area contributed by atoms with Gasteiger partial charge in [0, 0.05) is 5.02 Å². The van der Waals surface area contributed by atoms with Crippen LogP contribution in [0.2, 0.25) is 5.02 Å². The van der Waals surface area contributed by atoms with E-state index in [0.29, 0.717) is 10.6 Å². The van der Waals surface area contributed by atoms with Gasteiger partial charge in [0.05, 0.1) is 5.54 Å². The van der Waals surface area contributed by atoms with E-state index in [0.717, 1.165) is 24.8 Å². The highest BCUT2D eigenvalue weighted by Gasteiger charge is 2.40. The van der Waals surface area contributed by atoms with E-state index in [1.165, 1.54) is 0 Å². The lowest BCUT2D eigenvalue weighted by atomic mass is 9.72. The van der Waals surface area contributed by atoms with E-state index in [9.17, 15) is 9.18 Å². The van der Waals surface area contributed by atoms with E-state index in [2.05, 4.69) is 4.99 Å². The summed E-state index contributed by atoms with van der Waals surface area (Å²) in [6, 6.07) is 5.04. The zero-order valence-electron chi connectivity index (χ0n) is 8.67. The van der Waals surface area contributed by atoms with Gasteiger partial charge in [-0.15, -0.1) is 0 Å². The summed E-state index contributed by atoms with van der Waals surface area (Å²) >= 11 is 6.08. The van der Waals surface area contributed by atoms with E-state index >= 15 is 0 Å². The molecule has 1 fully saturated rings. The lowest BCUT2D eigenvalue weighted by molar-refractivity contribution is 0.256. The molecule has 0 aliphatic heterocycles. The van der Waals surface area contributed by atoms with Crippen LogP contribution in [0.25, 0.3) is 0 Å². The van der Waals surface area contributed by atoms with Crippen LogP contribution >= 0.6 is 11.6 Å². The Kier molecular flexibility index (Phi) is 3.08. The van der Waals surface area contributed by atoms with Crippen molar-refractivity contribution in [3.8, 4) is 0 Å². The van der Waals surface area contributed by atoms with Crippen LogP contribution in [0.3, 0.4) is 0 Å². The Balaban J connectivity index is 2.43. The molecule has 0 spiro atoms. The van der Waals surface area contributed by atoms with Crippen molar-refractivity contribution in [2.24, 2.45) is 4.99 Å². The molecule has 1 aromatic rings. The third kappa shape index (κ3) is 1.77. The van der Waals surface area contributed by atoms with Crippen LogP contribution in [0.1, 0.15) is 30.4 Å². The summed E-state index contributed by atoms with van der Waals surface area (Å²) < 4.78 is 12.4. The fourth-order valence-corrected chi connectivity index (χ4v) is 2.44. The summed E-state index contributed by atoms with van der Waals surface area (Å²) in [5.41, 5.74) is 0.840. The molecule has 84 valence electrons. The number of aliphatic imine (C=N–C) groups is 1. The number of benzene rings is 1. The van der Waals surface area contributed by atoms with E-state index < -0.39 is 12.2 Å². The first-order valence-corrected chi connectivity index (χ1v) is 5.53. The second kappa shape index (κ2) is 4.36. The number of nitrogens with zero attached hydrogens (tertiary/aromatic N) is 1. The second-order valence-electron chi connectivity index (χ2n) is 4.04. The molecule has 2 nitrogen and oxygen atoms in total. The fraction of sp³-hybridized carbons (Fsp3) is 0.417. The van der Waals surface area contributed by atoms with Gasteiger partial charge >= 0.3 is 0 Å². The predicted octanol–water partition coefficient (Wildman–Crippen LogP) is 3.52. The Morgan fingerprint density at radius 3 is 2.69 bits per heavy atom. The van der Waals surface area contributed by atoms with Crippen molar-refractivity contribution in [3.63, 3.8) is 0 Å². The zero-order valence-corrected chi connectivity index (χ0v) is 9.43. The van der Waals surface area contributed by atoms with Gasteiger partial charge in [-0.1, -0.05) is 23.7 Å². The molecule has 0 atom stereocenters. The van der Waals surface area contributed by atoms with Crippen molar-refractivity contribution < 1.29 is 9.18 Å². The van der Waals surface area contributed by atoms with Gasteiger partial charge in [-0.2, -0.15) is 4.99 Å². The highest BCUT2D eigenvalue weighted by molar-refractivity contribution is 6.31. The number of hydrogen-bond donors (Lipinski definition) is 0. The van der Waals surface area contributed by atoms with E-state index in [1.54, 1.807) is 24.3 Å². The van der Waals surface area contributed by atoms with Crippen LogP contribution in [0.5, 0.6) is 0 Å². The highest BCUT2D eigenvalue weighted by atomic mass is 35.5. The monoisotopic (exact) mass is 239 g/mol. The lowest BCUT2D eigenvalue weighted by Gasteiger charge is -2.37. The number of alkyl halides is 1. The largest absolute Gasteiger partial charge is 0.246 e. The molecule has 4 heteroatoms. The molecule has 0 bridgehead atoms. The van der Waals surface area contributed by atoms with Gasteiger partial charge < -0.3 is 0 Å². The molecule has 1 aromatic carbocycles. The molecule has 0 saturated heterocycles. The molecule has 0 amide bonds. The molecule has 0 heterocycles. The van der Waals surface area contributed by atoms with Crippen LogP contribution in [-0.4, -0.2) is 6.08 Å². The summed E-state index contributed by atoms with van der Waals surface area (Å²) in [5, 5.41) is 0.480. The predicted molar refractivity (Wildman–Crippen MR) is 59.9 cm³/mol. The minimum absolute atomic E-state index is 0.480. The van der Waals surface area contributed by atoms with E-state index in [-0.39, 0.29) is 0 Å². The van der Waals surface area contributed by atoms with Gasteiger partial charge in [0.15, 0.2) is 0 Å². The van der Waals surface area contributed by atoms with Gasteiger partial charge in [0.25, 0.3) is 0 Å². The van der Waals surface area contributed by atoms with E-state index in [1.807, 2.05) is 0 Å². The molecule has 0 aromatic heterocycles. The van der Waals surface area contributed by atoms with Crippen LogP contribution < -0.4 is 0 Å². The third-order valence-electron chi connectivity index (χ3n) is 3.13. The number of carbonyl (C=O) groups excluding carboxylic acids is 1. The molecule has 16 heavy (non-hydrogen) atoms. The second-order valence-corrected chi connectivity index (χ2v) is 4.44. The normalized spacial score (nSPS) is 17.4. The average Bonchev–Trinajstić information content (AvgIpc) is 2.24. The van der Waals surface area contributed by atoms with Crippen molar-refractivity contribution in [2.45, 2.75) is 31.5 Å². The first-order chi connectivity index (χ1) is 7.72. The summed E-state index contributed by atoms with van der Waals surface area (Å²) in [7, 11) is 0. The standard InChI is InChI=1S/C12H11ClFNO/c13-11-6-9(7-14)2-3-10(11)12(15-8-16)4-1-5-12/h2-3,6H,1,4-5,7H2. The van der Waals surface area contributed by atoms with Gasteiger partial charge in [0.1, 0.15) is 6.67 Å². The Morgan fingerprint density at radius 2 is 2.25 bits per heavy atom. The molecule has 0 radical (unpaired) electrons. The smallest absolute Gasteiger partial charge is 0.235 e. The van der Waals surface area contributed by atoms with Crippen LogP contribution in [-0.2, 0) is 17.0 Å². The quantitative estimate of drug-likeness (QED) is 0.586. The molecule has 1 saturated carbocycles. The number of rotatable bonds is 3. The molecular formula is C12H11ClFNO. The van der Waals surface area contributed by atoms with Crippen molar-refractivity contribution in [3.05, 3.63) is 34.3 Å². The Labute approximate surface area is 98.1 Å². The van der Waals surface area contributed by atoms with E-state index in [4.69, 9.17) is 11.6 Å². The lowest BCUT2D eigenvalue weighted by Crippen LogP contribution is -2.32. The molecule has 1 aliphatic carbocycles. The maximum absolute atomic E-state index is 12.4. The topological polar surface area (TPSA) is 29.4 Å². The molecule has 0 unspecified atom stereocenters. The summed E-state index contributed by atoms with van der Waals surface area (Å²) in [5.74, 6) is 0. The SMILES string of the molecule is O=C=NC1(c2ccc(CF)cc2Cl)CCC1. The molecular weight excluding hydrogens is 229 g/mol. The molecule has 1 aliphatic rings. The van der Waals surface area contributed by atoms with Crippen LogP contribution in [0.15, 0.2) is 23.2 Å².